The van der Waals surface area contributed by atoms with E-state index < -0.39 is 5.97 Å². The van der Waals surface area contributed by atoms with Crippen molar-refractivity contribution in [1.29, 1.82) is 0 Å². The third-order valence-electron chi connectivity index (χ3n) is 2.28. The Hall–Kier alpha value is -1.91. The molecule has 0 aliphatic heterocycles. The Bertz CT molecular complexity index is 383. The van der Waals surface area contributed by atoms with Crippen LogP contribution in [-0.4, -0.2) is 40.0 Å². The summed E-state index contributed by atoms with van der Waals surface area (Å²) in [6.45, 7) is 4.98. The number of pyridine rings is 1. The van der Waals surface area contributed by atoms with Crippen molar-refractivity contribution < 1.29 is 14.7 Å². The Kier molecular flexibility index (Phi) is 3.99. The molecular formula is C11H14N2O3. The van der Waals surface area contributed by atoms with Crippen LogP contribution in [0.15, 0.2) is 18.3 Å². The van der Waals surface area contributed by atoms with Crippen molar-refractivity contribution in [3.63, 3.8) is 0 Å². The van der Waals surface area contributed by atoms with Crippen molar-refractivity contribution in [3.8, 4) is 0 Å². The SMILES string of the molecule is CCN(CC)C(=O)c1ccc(C(=O)O)cn1. The zero-order valence-corrected chi connectivity index (χ0v) is 9.30. The van der Waals surface area contributed by atoms with E-state index in [-0.39, 0.29) is 17.2 Å². The van der Waals surface area contributed by atoms with Crippen LogP contribution in [-0.2, 0) is 0 Å². The van der Waals surface area contributed by atoms with E-state index >= 15 is 0 Å². The quantitative estimate of drug-likeness (QED) is 0.832. The number of hydrogen-bond acceptors (Lipinski definition) is 3. The molecule has 0 aromatic carbocycles. The predicted octanol–water partition coefficient (Wildman–Crippen LogP) is 1.26. The van der Waals surface area contributed by atoms with Gasteiger partial charge >= 0.3 is 5.97 Å². The number of rotatable bonds is 4. The fraction of sp³-hybridized carbons (Fsp3) is 0.364. The lowest BCUT2D eigenvalue weighted by Crippen LogP contribution is -2.31. The average Bonchev–Trinajstić information content (AvgIpc) is 2.30. The highest BCUT2D eigenvalue weighted by Gasteiger charge is 2.14. The smallest absolute Gasteiger partial charge is 0.337 e. The van der Waals surface area contributed by atoms with E-state index in [0.717, 1.165) is 0 Å². The van der Waals surface area contributed by atoms with Crippen molar-refractivity contribution in [3.05, 3.63) is 29.6 Å². The minimum atomic E-state index is -1.05. The molecule has 0 bridgehead atoms. The fourth-order valence-electron chi connectivity index (χ4n) is 1.32. The second-order valence-corrected chi connectivity index (χ2v) is 3.21. The van der Waals surface area contributed by atoms with Crippen LogP contribution in [0.4, 0.5) is 0 Å². The Morgan fingerprint density at radius 2 is 1.94 bits per heavy atom. The van der Waals surface area contributed by atoms with E-state index in [9.17, 15) is 9.59 Å². The molecule has 0 aliphatic carbocycles. The first-order valence-electron chi connectivity index (χ1n) is 5.08. The largest absolute Gasteiger partial charge is 0.478 e. The molecule has 1 heterocycles. The summed E-state index contributed by atoms with van der Waals surface area (Å²) in [6.07, 6.45) is 1.19. The Morgan fingerprint density at radius 1 is 1.31 bits per heavy atom. The van der Waals surface area contributed by atoms with E-state index in [0.29, 0.717) is 13.1 Å². The summed E-state index contributed by atoms with van der Waals surface area (Å²) in [7, 11) is 0. The normalized spacial score (nSPS) is 9.88. The molecule has 86 valence electrons. The van der Waals surface area contributed by atoms with Gasteiger partial charge in [0.25, 0.3) is 5.91 Å². The van der Waals surface area contributed by atoms with Gasteiger partial charge in [0.05, 0.1) is 5.56 Å². The fourth-order valence-corrected chi connectivity index (χ4v) is 1.32. The van der Waals surface area contributed by atoms with Crippen molar-refractivity contribution >= 4 is 11.9 Å². The molecule has 0 fully saturated rings. The van der Waals surface area contributed by atoms with E-state index in [1.807, 2.05) is 13.8 Å². The van der Waals surface area contributed by atoms with E-state index in [1.165, 1.54) is 18.3 Å². The maximum Gasteiger partial charge on any atom is 0.337 e. The molecule has 0 atom stereocenters. The van der Waals surface area contributed by atoms with Crippen LogP contribution >= 0.6 is 0 Å². The summed E-state index contributed by atoms with van der Waals surface area (Å²) in [4.78, 5) is 27.9. The molecule has 1 N–H and O–H groups in total. The molecule has 0 saturated heterocycles. The minimum Gasteiger partial charge on any atom is -0.478 e. The third-order valence-corrected chi connectivity index (χ3v) is 2.28. The van der Waals surface area contributed by atoms with Gasteiger partial charge in [-0.05, 0) is 26.0 Å². The summed E-state index contributed by atoms with van der Waals surface area (Å²) < 4.78 is 0. The zero-order valence-electron chi connectivity index (χ0n) is 9.30. The lowest BCUT2D eigenvalue weighted by atomic mass is 10.2. The first-order valence-corrected chi connectivity index (χ1v) is 5.08. The molecular weight excluding hydrogens is 208 g/mol. The lowest BCUT2D eigenvalue weighted by Gasteiger charge is -2.17. The molecule has 1 amide bonds. The average molecular weight is 222 g/mol. The molecule has 5 heteroatoms. The van der Waals surface area contributed by atoms with Crippen molar-refractivity contribution in [1.82, 2.24) is 9.88 Å². The van der Waals surface area contributed by atoms with Gasteiger partial charge in [-0.1, -0.05) is 0 Å². The Labute approximate surface area is 93.7 Å². The first kappa shape index (κ1) is 12.2. The van der Waals surface area contributed by atoms with Gasteiger partial charge in [-0.2, -0.15) is 0 Å². The van der Waals surface area contributed by atoms with Crippen LogP contribution in [0.2, 0.25) is 0 Å². The van der Waals surface area contributed by atoms with Crippen molar-refractivity contribution in [2.45, 2.75) is 13.8 Å². The number of carbonyl (C=O) groups is 2. The second-order valence-electron chi connectivity index (χ2n) is 3.21. The van der Waals surface area contributed by atoms with Crippen LogP contribution in [0, 0.1) is 0 Å². The van der Waals surface area contributed by atoms with Gasteiger partial charge in [-0.15, -0.1) is 0 Å². The topological polar surface area (TPSA) is 70.5 Å². The summed E-state index contributed by atoms with van der Waals surface area (Å²) >= 11 is 0. The van der Waals surface area contributed by atoms with Gasteiger partial charge in [0.2, 0.25) is 0 Å². The number of aromatic carboxylic acids is 1. The molecule has 5 nitrogen and oxygen atoms in total. The summed E-state index contributed by atoms with van der Waals surface area (Å²) in [6, 6.07) is 2.82. The number of hydrogen-bond donors (Lipinski definition) is 1. The molecule has 0 spiro atoms. The van der Waals surface area contributed by atoms with Crippen LogP contribution in [0.25, 0.3) is 0 Å². The molecule has 0 aliphatic rings. The predicted molar refractivity (Wildman–Crippen MR) is 58.4 cm³/mol. The number of carboxylic acid groups (broad SMARTS) is 1. The number of nitrogens with zero attached hydrogens (tertiary/aromatic N) is 2. The third kappa shape index (κ3) is 2.56. The minimum absolute atomic E-state index is 0.0797. The molecule has 1 rings (SSSR count). The van der Waals surface area contributed by atoms with Gasteiger partial charge in [0.15, 0.2) is 0 Å². The number of amides is 1. The summed E-state index contributed by atoms with van der Waals surface area (Å²) in [5.74, 6) is -1.23. The lowest BCUT2D eigenvalue weighted by molar-refractivity contribution is 0.0693. The molecule has 0 radical (unpaired) electrons. The highest BCUT2D eigenvalue weighted by atomic mass is 16.4. The van der Waals surface area contributed by atoms with E-state index in [2.05, 4.69) is 4.98 Å². The van der Waals surface area contributed by atoms with Crippen LogP contribution in [0.1, 0.15) is 34.7 Å². The molecule has 1 aromatic rings. The van der Waals surface area contributed by atoms with E-state index in [1.54, 1.807) is 4.90 Å². The highest BCUT2D eigenvalue weighted by Crippen LogP contribution is 2.04. The van der Waals surface area contributed by atoms with Gasteiger partial charge in [-0.3, -0.25) is 9.78 Å². The zero-order chi connectivity index (χ0) is 12.1. The monoisotopic (exact) mass is 222 g/mol. The standard InChI is InChI=1S/C11H14N2O3/c1-3-13(4-2)10(14)9-6-5-8(7-12-9)11(15)16/h5-7H,3-4H2,1-2H3,(H,15,16). The highest BCUT2D eigenvalue weighted by molar-refractivity contribution is 5.93. The van der Waals surface area contributed by atoms with Crippen LogP contribution in [0.5, 0.6) is 0 Å². The van der Waals surface area contributed by atoms with Crippen LogP contribution < -0.4 is 0 Å². The van der Waals surface area contributed by atoms with Gasteiger partial charge < -0.3 is 10.0 Å². The Morgan fingerprint density at radius 3 is 2.31 bits per heavy atom. The number of carboxylic acids is 1. The van der Waals surface area contributed by atoms with Gasteiger partial charge in [0.1, 0.15) is 5.69 Å². The van der Waals surface area contributed by atoms with Crippen molar-refractivity contribution in [2.24, 2.45) is 0 Å². The first-order chi connectivity index (χ1) is 7.60. The van der Waals surface area contributed by atoms with Crippen LogP contribution in [0.3, 0.4) is 0 Å². The van der Waals surface area contributed by atoms with Crippen molar-refractivity contribution in [2.75, 3.05) is 13.1 Å². The molecule has 1 aromatic heterocycles. The molecule has 0 saturated carbocycles. The van der Waals surface area contributed by atoms with Gasteiger partial charge in [-0.25, -0.2) is 4.79 Å². The molecule has 0 unspecified atom stereocenters. The maximum atomic E-state index is 11.8. The summed E-state index contributed by atoms with van der Waals surface area (Å²) in [5, 5.41) is 8.68. The number of carbonyl (C=O) groups excluding carboxylic acids is 1. The number of aromatic nitrogens is 1. The maximum absolute atomic E-state index is 11.8. The Balaban J connectivity index is 2.89. The summed E-state index contributed by atoms with van der Waals surface area (Å²) in [5.41, 5.74) is 0.352. The second kappa shape index (κ2) is 5.25. The van der Waals surface area contributed by atoms with E-state index in [4.69, 9.17) is 5.11 Å². The van der Waals surface area contributed by atoms with Gasteiger partial charge in [0, 0.05) is 19.3 Å². The molecule has 16 heavy (non-hydrogen) atoms.